The van der Waals surface area contributed by atoms with E-state index < -0.39 is 6.04 Å². The maximum absolute atomic E-state index is 12.1. The standard InChI is InChI=1S/C12H23N3O2/c1-9(2)7-10(13)12(17)15-6-4-5-14(3)11(16)8-15/h9-10H,4-8,13H2,1-3H3. The summed E-state index contributed by atoms with van der Waals surface area (Å²) in [5, 5.41) is 0. The van der Waals surface area contributed by atoms with Gasteiger partial charge in [-0.3, -0.25) is 9.59 Å². The van der Waals surface area contributed by atoms with Crippen LogP contribution < -0.4 is 5.73 Å². The van der Waals surface area contributed by atoms with Crippen molar-refractivity contribution in [3.63, 3.8) is 0 Å². The van der Waals surface area contributed by atoms with Gasteiger partial charge >= 0.3 is 0 Å². The number of carbonyl (C=O) groups is 2. The monoisotopic (exact) mass is 241 g/mol. The summed E-state index contributed by atoms with van der Waals surface area (Å²) in [6, 6.07) is -0.480. The van der Waals surface area contributed by atoms with Crippen LogP contribution in [0.4, 0.5) is 0 Å². The molecule has 1 heterocycles. The number of carbonyl (C=O) groups excluding carboxylic acids is 2. The number of nitrogens with zero attached hydrogens (tertiary/aromatic N) is 2. The lowest BCUT2D eigenvalue weighted by Gasteiger charge is -2.24. The molecule has 0 radical (unpaired) electrons. The Labute approximate surface area is 103 Å². The Bertz CT molecular complexity index is 291. The van der Waals surface area contributed by atoms with Crippen molar-refractivity contribution in [2.45, 2.75) is 32.7 Å². The van der Waals surface area contributed by atoms with E-state index in [1.54, 1.807) is 16.8 Å². The third kappa shape index (κ3) is 4.00. The minimum absolute atomic E-state index is 0.00685. The first kappa shape index (κ1) is 14.0. The fraction of sp³-hybridized carbons (Fsp3) is 0.833. The van der Waals surface area contributed by atoms with Crippen LogP contribution in [0, 0.1) is 5.92 Å². The molecule has 5 heteroatoms. The van der Waals surface area contributed by atoms with Gasteiger partial charge in [0, 0.05) is 20.1 Å². The Hall–Kier alpha value is -1.10. The molecule has 17 heavy (non-hydrogen) atoms. The summed E-state index contributed by atoms with van der Waals surface area (Å²) in [6.07, 6.45) is 1.49. The van der Waals surface area contributed by atoms with Crippen molar-refractivity contribution in [2.75, 3.05) is 26.7 Å². The Morgan fingerprint density at radius 3 is 2.65 bits per heavy atom. The Morgan fingerprint density at radius 1 is 1.41 bits per heavy atom. The van der Waals surface area contributed by atoms with Gasteiger partial charge in [0.15, 0.2) is 0 Å². The van der Waals surface area contributed by atoms with Crippen LogP contribution >= 0.6 is 0 Å². The zero-order valence-electron chi connectivity index (χ0n) is 11.0. The minimum Gasteiger partial charge on any atom is -0.344 e. The summed E-state index contributed by atoms with van der Waals surface area (Å²) in [5.74, 6) is 0.286. The molecular weight excluding hydrogens is 218 g/mol. The third-order valence-electron chi connectivity index (χ3n) is 3.03. The van der Waals surface area contributed by atoms with Gasteiger partial charge in [0.05, 0.1) is 12.6 Å². The fourth-order valence-electron chi connectivity index (χ4n) is 2.02. The average Bonchev–Trinajstić information content (AvgIpc) is 2.40. The van der Waals surface area contributed by atoms with Crippen molar-refractivity contribution in [1.82, 2.24) is 9.80 Å². The highest BCUT2D eigenvalue weighted by Gasteiger charge is 2.26. The highest BCUT2D eigenvalue weighted by Crippen LogP contribution is 2.09. The molecule has 0 aliphatic carbocycles. The number of amides is 2. The predicted octanol–water partition coefficient (Wildman–Crippen LogP) is 0.0505. The van der Waals surface area contributed by atoms with Gasteiger partial charge in [-0.05, 0) is 18.8 Å². The van der Waals surface area contributed by atoms with Crippen molar-refractivity contribution < 1.29 is 9.59 Å². The van der Waals surface area contributed by atoms with E-state index in [0.717, 1.165) is 6.42 Å². The summed E-state index contributed by atoms with van der Waals surface area (Å²) >= 11 is 0. The summed E-state index contributed by atoms with van der Waals surface area (Å²) in [5.41, 5.74) is 5.86. The first-order valence-corrected chi connectivity index (χ1v) is 6.20. The molecule has 1 fully saturated rings. The van der Waals surface area contributed by atoms with Gasteiger partial charge in [-0.2, -0.15) is 0 Å². The average molecular weight is 241 g/mol. The van der Waals surface area contributed by atoms with Gasteiger partial charge in [0.25, 0.3) is 0 Å². The molecule has 1 saturated heterocycles. The van der Waals surface area contributed by atoms with Crippen molar-refractivity contribution >= 4 is 11.8 Å². The predicted molar refractivity (Wildman–Crippen MR) is 66.3 cm³/mol. The highest BCUT2D eigenvalue weighted by atomic mass is 16.2. The molecule has 1 rings (SSSR count). The lowest BCUT2D eigenvalue weighted by molar-refractivity contribution is -0.139. The van der Waals surface area contributed by atoms with E-state index in [2.05, 4.69) is 0 Å². The van der Waals surface area contributed by atoms with Crippen LogP contribution in [0.2, 0.25) is 0 Å². The zero-order chi connectivity index (χ0) is 13.0. The van der Waals surface area contributed by atoms with Crippen molar-refractivity contribution in [1.29, 1.82) is 0 Å². The number of hydrogen-bond donors (Lipinski definition) is 1. The molecule has 1 aliphatic heterocycles. The third-order valence-corrected chi connectivity index (χ3v) is 3.03. The maximum atomic E-state index is 12.1. The van der Waals surface area contributed by atoms with Crippen LogP contribution in [0.15, 0.2) is 0 Å². The van der Waals surface area contributed by atoms with Crippen molar-refractivity contribution in [3.05, 3.63) is 0 Å². The van der Waals surface area contributed by atoms with Gasteiger partial charge in [-0.25, -0.2) is 0 Å². The second-order valence-corrected chi connectivity index (χ2v) is 5.16. The Kier molecular flexibility index (Phi) is 4.93. The van der Waals surface area contributed by atoms with Gasteiger partial charge in [0.2, 0.25) is 11.8 Å². The quantitative estimate of drug-likeness (QED) is 0.759. The Morgan fingerprint density at radius 2 is 2.06 bits per heavy atom. The molecule has 1 atom stereocenters. The molecule has 0 aromatic heterocycles. The summed E-state index contributed by atoms with van der Waals surface area (Å²) < 4.78 is 0. The van der Waals surface area contributed by atoms with Gasteiger partial charge < -0.3 is 15.5 Å². The molecule has 0 saturated carbocycles. The van der Waals surface area contributed by atoms with E-state index in [1.165, 1.54) is 0 Å². The summed E-state index contributed by atoms with van der Waals surface area (Å²) in [4.78, 5) is 27.0. The molecule has 2 amide bonds. The van der Waals surface area contributed by atoms with Crippen LogP contribution in [0.1, 0.15) is 26.7 Å². The second kappa shape index (κ2) is 6.00. The number of rotatable bonds is 3. The summed E-state index contributed by atoms with van der Waals surface area (Å²) in [7, 11) is 1.77. The molecule has 1 unspecified atom stereocenters. The van der Waals surface area contributed by atoms with E-state index in [0.29, 0.717) is 25.4 Å². The van der Waals surface area contributed by atoms with Crippen LogP contribution in [0.3, 0.4) is 0 Å². The van der Waals surface area contributed by atoms with Crippen LogP contribution in [-0.4, -0.2) is 54.3 Å². The molecule has 0 spiro atoms. The number of nitrogens with two attached hydrogens (primary N) is 1. The molecule has 0 aromatic rings. The van der Waals surface area contributed by atoms with Crippen LogP contribution in [0.5, 0.6) is 0 Å². The molecule has 0 aromatic carbocycles. The van der Waals surface area contributed by atoms with E-state index >= 15 is 0 Å². The lowest BCUT2D eigenvalue weighted by atomic mass is 10.0. The largest absolute Gasteiger partial charge is 0.344 e. The van der Waals surface area contributed by atoms with Crippen LogP contribution in [0.25, 0.3) is 0 Å². The molecule has 98 valence electrons. The fourth-order valence-corrected chi connectivity index (χ4v) is 2.02. The molecular formula is C12H23N3O2. The SMILES string of the molecule is CC(C)CC(N)C(=O)N1CCCN(C)C(=O)C1. The lowest BCUT2D eigenvalue weighted by Crippen LogP contribution is -2.46. The smallest absolute Gasteiger partial charge is 0.241 e. The minimum atomic E-state index is -0.480. The highest BCUT2D eigenvalue weighted by molar-refractivity contribution is 5.87. The van der Waals surface area contributed by atoms with Gasteiger partial charge in [-0.15, -0.1) is 0 Å². The van der Waals surface area contributed by atoms with E-state index in [1.807, 2.05) is 13.8 Å². The molecule has 0 bridgehead atoms. The van der Waals surface area contributed by atoms with E-state index in [4.69, 9.17) is 5.73 Å². The maximum Gasteiger partial charge on any atom is 0.241 e. The van der Waals surface area contributed by atoms with Gasteiger partial charge in [-0.1, -0.05) is 13.8 Å². The van der Waals surface area contributed by atoms with E-state index in [9.17, 15) is 9.59 Å². The second-order valence-electron chi connectivity index (χ2n) is 5.16. The zero-order valence-corrected chi connectivity index (χ0v) is 11.0. The normalized spacial score (nSPS) is 19.5. The van der Waals surface area contributed by atoms with E-state index in [-0.39, 0.29) is 18.4 Å². The molecule has 2 N–H and O–H groups in total. The number of likely N-dealkylation sites (N-methyl/N-ethyl adjacent to an activating group) is 1. The van der Waals surface area contributed by atoms with Crippen molar-refractivity contribution in [3.8, 4) is 0 Å². The first-order chi connectivity index (χ1) is 7.91. The van der Waals surface area contributed by atoms with Crippen LogP contribution in [-0.2, 0) is 9.59 Å². The molecule has 5 nitrogen and oxygen atoms in total. The Balaban J connectivity index is 2.59. The van der Waals surface area contributed by atoms with Gasteiger partial charge in [0.1, 0.15) is 0 Å². The van der Waals surface area contributed by atoms with Crippen molar-refractivity contribution in [2.24, 2.45) is 11.7 Å². The topological polar surface area (TPSA) is 66.6 Å². The number of hydrogen-bond acceptors (Lipinski definition) is 3. The summed E-state index contributed by atoms with van der Waals surface area (Å²) in [6.45, 7) is 5.58. The molecule has 1 aliphatic rings. The first-order valence-electron chi connectivity index (χ1n) is 6.20.